The van der Waals surface area contributed by atoms with Crippen molar-refractivity contribution < 1.29 is 29.0 Å². The van der Waals surface area contributed by atoms with Crippen molar-refractivity contribution in [1.29, 1.82) is 0 Å². The van der Waals surface area contributed by atoms with Crippen LogP contribution in [0.3, 0.4) is 0 Å². The molecule has 0 aliphatic heterocycles. The number of esters is 2. The summed E-state index contributed by atoms with van der Waals surface area (Å²) in [5.41, 5.74) is 6.55. The zero-order valence-electron chi connectivity index (χ0n) is 13.9. The maximum absolute atomic E-state index is 12.6. The van der Waals surface area contributed by atoms with Crippen LogP contribution in [0.1, 0.15) is 33.6 Å². The number of amides is 1. The van der Waals surface area contributed by atoms with E-state index >= 15 is 0 Å². The second-order valence-corrected chi connectivity index (χ2v) is 5.43. The molecule has 3 atom stereocenters. The van der Waals surface area contributed by atoms with Crippen LogP contribution in [0.15, 0.2) is 5.11 Å². The molecular formula is C14H22N4O6. The van der Waals surface area contributed by atoms with Crippen LogP contribution in [0, 0.1) is 5.92 Å². The quantitative estimate of drug-likeness (QED) is 0.225. The third-order valence-corrected chi connectivity index (χ3v) is 3.83. The summed E-state index contributed by atoms with van der Waals surface area (Å²) in [4.78, 5) is 39.6. The number of azide groups is 1. The Hall–Kier alpha value is -2.32. The molecule has 0 aromatic rings. The lowest BCUT2D eigenvalue weighted by molar-refractivity contribution is -0.172. The first-order chi connectivity index (χ1) is 11.3. The van der Waals surface area contributed by atoms with Crippen molar-refractivity contribution in [3.8, 4) is 0 Å². The van der Waals surface area contributed by atoms with Crippen LogP contribution in [0.4, 0.5) is 0 Å². The fourth-order valence-electron chi connectivity index (χ4n) is 3.00. The molecule has 10 nitrogen and oxygen atoms in total. The fraction of sp³-hybridized carbons (Fsp3) is 0.786. The van der Waals surface area contributed by atoms with Crippen molar-refractivity contribution in [2.24, 2.45) is 11.0 Å². The molecule has 0 bridgehead atoms. The number of carbonyl (C=O) groups excluding carboxylic acids is 3. The SMILES string of the molecule is CCOC(=O)C(NC(C)=O)(C(=O)OCC)[C@@H]1CC(O)C[C@H]1N=[N+]=[N-]. The van der Waals surface area contributed by atoms with Crippen LogP contribution in [-0.4, -0.2) is 53.9 Å². The van der Waals surface area contributed by atoms with Crippen molar-refractivity contribution in [2.75, 3.05) is 13.2 Å². The Morgan fingerprint density at radius 1 is 1.25 bits per heavy atom. The Labute approximate surface area is 139 Å². The third kappa shape index (κ3) is 3.95. The maximum atomic E-state index is 12.6. The number of nitrogens with one attached hydrogen (secondary N) is 1. The Morgan fingerprint density at radius 3 is 2.21 bits per heavy atom. The fourth-order valence-corrected chi connectivity index (χ4v) is 3.00. The summed E-state index contributed by atoms with van der Waals surface area (Å²) < 4.78 is 9.96. The van der Waals surface area contributed by atoms with Gasteiger partial charge in [0.05, 0.1) is 19.3 Å². The van der Waals surface area contributed by atoms with Gasteiger partial charge in [0.2, 0.25) is 11.4 Å². The number of nitrogens with zero attached hydrogens (tertiary/aromatic N) is 3. The molecule has 10 heteroatoms. The first-order valence-corrected chi connectivity index (χ1v) is 7.68. The number of aliphatic hydroxyl groups excluding tert-OH is 1. The second kappa shape index (κ2) is 8.51. The van der Waals surface area contributed by atoms with Gasteiger partial charge < -0.3 is 19.9 Å². The van der Waals surface area contributed by atoms with Gasteiger partial charge in [-0.25, -0.2) is 9.59 Å². The molecule has 1 saturated carbocycles. The summed E-state index contributed by atoms with van der Waals surface area (Å²) in [6, 6.07) is -0.870. The molecule has 1 rings (SSSR count). The highest BCUT2D eigenvalue weighted by Gasteiger charge is 2.60. The molecule has 0 aromatic carbocycles. The average molecular weight is 342 g/mol. The highest BCUT2D eigenvalue weighted by molar-refractivity contribution is 6.08. The molecule has 0 heterocycles. The van der Waals surface area contributed by atoms with Crippen LogP contribution in [-0.2, 0) is 23.9 Å². The van der Waals surface area contributed by atoms with Gasteiger partial charge in [0, 0.05) is 23.8 Å². The average Bonchev–Trinajstić information content (AvgIpc) is 2.86. The number of hydrogen-bond acceptors (Lipinski definition) is 7. The third-order valence-electron chi connectivity index (χ3n) is 3.83. The van der Waals surface area contributed by atoms with Gasteiger partial charge in [-0.15, -0.1) is 0 Å². The normalized spacial score (nSPS) is 23.1. The minimum absolute atomic E-state index is 0.0262. The number of carbonyl (C=O) groups is 3. The van der Waals surface area contributed by atoms with Crippen LogP contribution in [0.2, 0.25) is 0 Å². The monoisotopic (exact) mass is 342 g/mol. The van der Waals surface area contributed by atoms with Crippen molar-refractivity contribution in [1.82, 2.24) is 5.32 Å². The van der Waals surface area contributed by atoms with E-state index in [0.717, 1.165) is 6.92 Å². The van der Waals surface area contributed by atoms with Gasteiger partial charge in [-0.2, -0.15) is 0 Å². The highest BCUT2D eigenvalue weighted by Crippen LogP contribution is 2.38. The molecule has 1 fully saturated rings. The Kier molecular flexibility index (Phi) is 6.99. The summed E-state index contributed by atoms with van der Waals surface area (Å²) in [5.74, 6) is -3.64. The van der Waals surface area contributed by atoms with Crippen molar-refractivity contribution in [3.05, 3.63) is 10.4 Å². The minimum atomic E-state index is -2.17. The maximum Gasteiger partial charge on any atom is 0.344 e. The minimum Gasteiger partial charge on any atom is -0.464 e. The van der Waals surface area contributed by atoms with Crippen molar-refractivity contribution in [2.45, 2.75) is 51.3 Å². The van der Waals surface area contributed by atoms with Crippen LogP contribution in [0.25, 0.3) is 10.4 Å². The lowest BCUT2D eigenvalue weighted by atomic mass is 9.79. The number of hydrogen-bond donors (Lipinski definition) is 2. The molecule has 0 saturated heterocycles. The number of ether oxygens (including phenoxy) is 2. The van der Waals surface area contributed by atoms with Crippen molar-refractivity contribution in [3.63, 3.8) is 0 Å². The van der Waals surface area contributed by atoms with Crippen LogP contribution in [0.5, 0.6) is 0 Å². The van der Waals surface area contributed by atoms with Crippen molar-refractivity contribution >= 4 is 17.8 Å². The molecule has 1 unspecified atom stereocenters. The molecule has 1 aliphatic rings. The molecule has 2 N–H and O–H groups in total. The molecule has 1 amide bonds. The first-order valence-electron chi connectivity index (χ1n) is 7.68. The van der Waals surface area contributed by atoms with E-state index in [1.54, 1.807) is 13.8 Å². The van der Waals surface area contributed by atoms with Crippen LogP contribution >= 0.6 is 0 Å². The van der Waals surface area contributed by atoms with Gasteiger partial charge in [-0.05, 0) is 32.2 Å². The topological polar surface area (TPSA) is 151 Å². The molecule has 134 valence electrons. The second-order valence-electron chi connectivity index (χ2n) is 5.43. The Morgan fingerprint density at radius 2 is 1.79 bits per heavy atom. The van der Waals surface area contributed by atoms with Gasteiger partial charge in [-0.3, -0.25) is 4.79 Å². The van der Waals surface area contributed by atoms with Gasteiger partial charge >= 0.3 is 11.9 Å². The van der Waals surface area contributed by atoms with Crippen LogP contribution < -0.4 is 5.32 Å². The molecule has 24 heavy (non-hydrogen) atoms. The first kappa shape index (κ1) is 19.7. The standard InChI is InChI=1S/C14H22N4O6/c1-4-23-12(21)14(16-8(3)19,13(22)24-5-2)10-6-9(20)7-11(10)17-18-15/h9-11,20H,4-7H2,1-3H3,(H,16,19)/t9?,10-,11-/m1/s1. The van der Waals surface area contributed by atoms with E-state index in [2.05, 4.69) is 15.3 Å². The lowest BCUT2D eigenvalue weighted by Crippen LogP contribution is -2.66. The highest BCUT2D eigenvalue weighted by atomic mass is 16.6. The zero-order valence-corrected chi connectivity index (χ0v) is 13.9. The summed E-state index contributed by atoms with van der Waals surface area (Å²) in [7, 11) is 0. The van der Waals surface area contributed by atoms with E-state index in [9.17, 15) is 19.5 Å². The van der Waals surface area contributed by atoms with Gasteiger partial charge in [0.15, 0.2) is 0 Å². The summed E-state index contributed by atoms with van der Waals surface area (Å²) in [5, 5.41) is 15.8. The smallest absolute Gasteiger partial charge is 0.344 e. The summed E-state index contributed by atoms with van der Waals surface area (Å²) >= 11 is 0. The largest absolute Gasteiger partial charge is 0.464 e. The molecule has 0 aromatic heterocycles. The van der Waals surface area contributed by atoms with E-state index in [0.29, 0.717) is 0 Å². The summed E-state index contributed by atoms with van der Waals surface area (Å²) in [6.07, 6.45) is -0.848. The van der Waals surface area contributed by atoms with Gasteiger partial charge in [-0.1, -0.05) is 5.11 Å². The zero-order chi connectivity index (χ0) is 18.3. The number of rotatable bonds is 7. The Bertz CT molecular complexity index is 527. The summed E-state index contributed by atoms with van der Waals surface area (Å²) in [6.45, 7) is 4.19. The van der Waals surface area contributed by atoms with E-state index in [4.69, 9.17) is 15.0 Å². The predicted molar refractivity (Wildman–Crippen MR) is 81.5 cm³/mol. The predicted octanol–water partition coefficient (Wildman–Crippen LogP) is 0.437. The van der Waals surface area contributed by atoms with E-state index in [1.807, 2.05) is 0 Å². The van der Waals surface area contributed by atoms with Gasteiger partial charge in [0.25, 0.3) is 0 Å². The molecule has 0 radical (unpaired) electrons. The van der Waals surface area contributed by atoms with E-state index < -0.39 is 41.4 Å². The molecule has 0 spiro atoms. The Balaban J connectivity index is 3.46. The number of aliphatic hydroxyl groups is 1. The molecular weight excluding hydrogens is 320 g/mol. The lowest BCUT2D eigenvalue weighted by Gasteiger charge is -2.36. The molecule has 1 aliphatic carbocycles. The van der Waals surface area contributed by atoms with E-state index in [-0.39, 0.29) is 26.1 Å². The van der Waals surface area contributed by atoms with E-state index in [1.165, 1.54) is 0 Å². The van der Waals surface area contributed by atoms with Gasteiger partial charge in [0.1, 0.15) is 0 Å².